The third-order valence-corrected chi connectivity index (χ3v) is 5.35. The molecular formula is C22H26N6O2. The number of oxime groups is 1. The maximum absolute atomic E-state index is 12.8. The number of hydrogen-bond donors (Lipinski definition) is 1. The maximum atomic E-state index is 12.8. The molecule has 30 heavy (non-hydrogen) atoms. The lowest BCUT2D eigenvalue weighted by Gasteiger charge is -2.10. The summed E-state index contributed by atoms with van der Waals surface area (Å²) in [5, 5.41) is 16.2. The molecule has 3 heterocycles. The van der Waals surface area contributed by atoms with Gasteiger partial charge >= 0.3 is 0 Å². The Morgan fingerprint density at radius 3 is 2.63 bits per heavy atom. The van der Waals surface area contributed by atoms with E-state index in [9.17, 15) is 4.79 Å². The molecule has 0 saturated carbocycles. The maximum Gasteiger partial charge on any atom is 0.268 e. The Balaban J connectivity index is 1.44. The van der Waals surface area contributed by atoms with Crippen LogP contribution in [0.3, 0.4) is 0 Å². The second kappa shape index (κ2) is 8.14. The van der Waals surface area contributed by atoms with Crippen LogP contribution in [0.15, 0.2) is 41.7 Å². The van der Waals surface area contributed by atoms with Crippen molar-refractivity contribution in [1.29, 1.82) is 0 Å². The highest BCUT2D eigenvalue weighted by molar-refractivity contribution is 6.06. The molecular weight excluding hydrogens is 380 g/mol. The fourth-order valence-corrected chi connectivity index (χ4v) is 3.63. The fourth-order valence-electron chi connectivity index (χ4n) is 3.63. The molecule has 1 unspecified atom stereocenters. The molecule has 0 spiro atoms. The molecule has 8 heteroatoms. The highest BCUT2D eigenvalue weighted by Crippen LogP contribution is 2.24. The number of carbonyl (C=O) groups excluding carboxylic acids is 1. The van der Waals surface area contributed by atoms with E-state index in [0.717, 1.165) is 46.2 Å². The van der Waals surface area contributed by atoms with Gasteiger partial charge in [0.25, 0.3) is 5.91 Å². The first-order valence-corrected chi connectivity index (χ1v) is 10.1. The number of carbonyl (C=O) groups is 1. The summed E-state index contributed by atoms with van der Waals surface area (Å²) >= 11 is 0. The summed E-state index contributed by atoms with van der Waals surface area (Å²) in [6.07, 6.45) is 1.69. The lowest BCUT2D eigenvalue weighted by molar-refractivity contribution is -0.125. The van der Waals surface area contributed by atoms with Crippen LogP contribution >= 0.6 is 0 Å². The molecule has 156 valence electrons. The van der Waals surface area contributed by atoms with Gasteiger partial charge in [0.15, 0.2) is 0 Å². The summed E-state index contributed by atoms with van der Waals surface area (Å²) in [4.78, 5) is 18.3. The van der Waals surface area contributed by atoms with Gasteiger partial charge in [-0.15, -0.1) is 0 Å². The van der Waals surface area contributed by atoms with Crippen molar-refractivity contribution in [2.75, 3.05) is 5.32 Å². The second-order valence-electron chi connectivity index (χ2n) is 7.50. The van der Waals surface area contributed by atoms with Crippen LogP contribution in [0.2, 0.25) is 0 Å². The zero-order chi connectivity index (χ0) is 21.3. The molecule has 0 bridgehead atoms. The van der Waals surface area contributed by atoms with Gasteiger partial charge in [-0.3, -0.25) is 14.2 Å². The van der Waals surface area contributed by atoms with Crippen molar-refractivity contribution in [1.82, 2.24) is 19.6 Å². The van der Waals surface area contributed by atoms with E-state index in [1.807, 2.05) is 61.5 Å². The number of nitrogens with zero attached hydrogens (tertiary/aromatic N) is 5. The number of amides is 1. The first-order chi connectivity index (χ1) is 14.5. The molecule has 8 nitrogen and oxygen atoms in total. The normalized spacial score (nSPS) is 15.7. The molecule has 1 aromatic carbocycles. The van der Waals surface area contributed by atoms with Crippen LogP contribution in [0.25, 0.3) is 0 Å². The molecule has 1 aliphatic heterocycles. The van der Waals surface area contributed by atoms with Crippen LogP contribution in [-0.2, 0) is 22.7 Å². The van der Waals surface area contributed by atoms with E-state index in [-0.39, 0.29) is 5.91 Å². The van der Waals surface area contributed by atoms with E-state index in [1.54, 1.807) is 0 Å². The molecule has 2 aromatic heterocycles. The van der Waals surface area contributed by atoms with Crippen LogP contribution in [-0.4, -0.2) is 37.3 Å². The highest BCUT2D eigenvalue weighted by Gasteiger charge is 2.31. The van der Waals surface area contributed by atoms with Crippen LogP contribution in [0, 0.1) is 20.8 Å². The SMILES string of the molecule is CCn1cc(C2=NOC(C(=O)Nc3c(C)nn(Cc4ccccc4)c3C)C2)c(C)n1. The highest BCUT2D eigenvalue weighted by atomic mass is 16.6. The van der Waals surface area contributed by atoms with E-state index < -0.39 is 6.10 Å². The second-order valence-corrected chi connectivity index (χ2v) is 7.50. The summed E-state index contributed by atoms with van der Waals surface area (Å²) in [6.45, 7) is 9.25. The van der Waals surface area contributed by atoms with E-state index in [0.29, 0.717) is 13.0 Å². The lowest BCUT2D eigenvalue weighted by atomic mass is 10.1. The van der Waals surface area contributed by atoms with Crippen molar-refractivity contribution < 1.29 is 9.63 Å². The van der Waals surface area contributed by atoms with Gasteiger partial charge in [-0.2, -0.15) is 10.2 Å². The van der Waals surface area contributed by atoms with Gasteiger partial charge in [0, 0.05) is 24.7 Å². The van der Waals surface area contributed by atoms with E-state index in [2.05, 4.69) is 32.8 Å². The minimum atomic E-state index is -0.666. The zero-order valence-corrected chi connectivity index (χ0v) is 17.7. The van der Waals surface area contributed by atoms with Crippen molar-refractivity contribution in [3.63, 3.8) is 0 Å². The summed E-state index contributed by atoms with van der Waals surface area (Å²) in [6, 6.07) is 10.1. The largest absolute Gasteiger partial charge is 0.382 e. The Morgan fingerprint density at radius 2 is 1.93 bits per heavy atom. The number of nitrogens with one attached hydrogen (secondary N) is 1. The summed E-state index contributed by atoms with van der Waals surface area (Å²) in [7, 11) is 0. The Bertz CT molecular complexity index is 1100. The third kappa shape index (κ3) is 3.85. The van der Waals surface area contributed by atoms with Gasteiger partial charge in [0.1, 0.15) is 0 Å². The summed E-state index contributed by atoms with van der Waals surface area (Å²) in [5.41, 5.74) is 6.12. The van der Waals surface area contributed by atoms with Gasteiger partial charge in [-0.25, -0.2) is 0 Å². The molecule has 0 fully saturated rings. The molecule has 0 aliphatic carbocycles. The third-order valence-electron chi connectivity index (χ3n) is 5.35. The predicted molar refractivity (Wildman–Crippen MR) is 115 cm³/mol. The van der Waals surface area contributed by atoms with Crippen molar-refractivity contribution >= 4 is 17.3 Å². The Kier molecular flexibility index (Phi) is 5.39. The molecule has 0 radical (unpaired) electrons. The molecule has 4 rings (SSSR count). The van der Waals surface area contributed by atoms with Crippen LogP contribution in [0.4, 0.5) is 5.69 Å². The van der Waals surface area contributed by atoms with Crippen molar-refractivity contribution in [2.45, 2.75) is 53.3 Å². The topological polar surface area (TPSA) is 86.3 Å². The molecule has 1 atom stereocenters. The van der Waals surface area contributed by atoms with Gasteiger partial charge < -0.3 is 10.2 Å². The van der Waals surface area contributed by atoms with Gasteiger partial charge in [0.2, 0.25) is 6.10 Å². The molecule has 0 saturated heterocycles. The van der Waals surface area contributed by atoms with Crippen molar-refractivity contribution in [3.8, 4) is 0 Å². The van der Waals surface area contributed by atoms with Crippen molar-refractivity contribution in [2.24, 2.45) is 5.16 Å². The first kappa shape index (κ1) is 19.9. The van der Waals surface area contributed by atoms with Gasteiger partial charge in [-0.1, -0.05) is 35.5 Å². The summed E-state index contributed by atoms with van der Waals surface area (Å²) in [5.74, 6) is -0.222. The van der Waals surface area contributed by atoms with E-state index in [4.69, 9.17) is 4.84 Å². The quantitative estimate of drug-likeness (QED) is 0.681. The number of hydrogen-bond acceptors (Lipinski definition) is 5. The minimum Gasteiger partial charge on any atom is -0.382 e. The smallest absolute Gasteiger partial charge is 0.268 e. The number of benzene rings is 1. The standard InChI is InChI=1S/C22H26N6O2/c1-5-27-13-18(14(2)24-27)19-11-20(30-26-19)22(29)23-21-15(3)25-28(16(21)4)12-17-9-7-6-8-10-17/h6-10,13,20H,5,11-12H2,1-4H3,(H,23,29). The van der Waals surface area contributed by atoms with Crippen LogP contribution < -0.4 is 5.32 Å². The van der Waals surface area contributed by atoms with Crippen molar-refractivity contribution in [3.05, 3.63) is 64.7 Å². The molecule has 3 aromatic rings. The number of anilines is 1. The van der Waals surface area contributed by atoms with Crippen LogP contribution in [0.5, 0.6) is 0 Å². The Hall–Kier alpha value is -3.42. The Morgan fingerprint density at radius 1 is 1.17 bits per heavy atom. The number of aryl methyl sites for hydroxylation is 3. The predicted octanol–water partition coefficient (Wildman–Crippen LogP) is 3.20. The first-order valence-electron chi connectivity index (χ1n) is 10.1. The number of rotatable bonds is 6. The monoisotopic (exact) mass is 406 g/mol. The number of aromatic nitrogens is 4. The van der Waals surface area contributed by atoms with Crippen LogP contribution in [0.1, 0.15) is 41.6 Å². The van der Waals surface area contributed by atoms with E-state index in [1.165, 1.54) is 0 Å². The summed E-state index contributed by atoms with van der Waals surface area (Å²) < 4.78 is 3.76. The average molecular weight is 406 g/mol. The van der Waals surface area contributed by atoms with Gasteiger partial charge in [0.05, 0.1) is 35.0 Å². The molecule has 1 aliphatic rings. The molecule has 1 N–H and O–H groups in total. The fraction of sp³-hybridized carbons (Fsp3) is 0.364. The van der Waals surface area contributed by atoms with Gasteiger partial charge in [-0.05, 0) is 33.3 Å². The molecule has 1 amide bonds. The lowest BCUT2D eigenvalue weighted by Crippen LogP contribution is -2.28. The zero-order valence-electron chi connectivity index (χ0n) is 17.7. The Labute approximate surface area is 175 Å². The minimum absolute atomic E-state index is 0.222. The average Bonchev–Trinajstić information content (AvgIpc) is 3.43. The van der Waals surface area contributed by atoms with E-state index >= 15 is 0 Å².